The van der Waals surface area contributed by atoms with Crippen molar-refractivity contribution >= 4 is 40.9 Å². The van der Waals surface area contributed by atoms with Crippen molar-refractivity contribution in [2.45, 2.75) is 6.92 Å². The molecule has 3 aromatic rings. The van der Waals surface area contributed by atoms with Crippen LogP contribution in [0.25, 0.3) is 6.08 Å². The average Bonchev–Trinajstić information content (AvgIpc) is 2.75. The Labute approximate surface area is 183 Å². The molecular weight excluding hydrogens is 418 g/mol. The SMILES string of the molecule is Cc1ccc(NC(=O)/C(=C\c2cccc([N+](=O)[O-])c2)NC(=O)c2ccc(Cl)cc2)cc1. The molecule has 0 aliphatic heterocycles. The van der Waals surface area contributed by atoms with Crippen molar-refractivity contribution in [2.24, 2.45) is 0 Å². The molecular formula is C23H18ClN3O4. The highest BCUT2D eigenvalue weighted by atomic mass is 35.5. The lowest BCUT2D eigenvalue weighted by atomic mass is 10.1. The van der Waals surface area contributed by atoms with Gasteiger partial charge in [0, 0.05) is 28.4 Å². The molecule has 31 heavy (non-hydrogen) atoms. The van der Waals surface area contributed by atoms with Crippen LogP contribution in [0, 0.1) is 17.0 Å². The third kappa shape index (κ3) is 6.01. The summed E-state index contributed by atoms with van der Waals surface area (Å²) < 4.78 is 0. The first-order valence-electron chi connectivity index (χ1n) is 9.23. The van der Waals surface area contributed by atoms with Gasteiger partial charge in [-0.3, -0.25) is 19.7 Å². The van der Waals surface area contributed by atoms with Gasteiger partial charge in [-0.15, -0.1) is 0 Å². The van der Waals surface area contributed by atoms with Gasteiger partial charge in [0.2, 0.25) is 0 Å². The molecule has 2 amide bonds. The van der Waals surface area contributed by atoms with Crippen LogP contribution in [0.4, 0.5) is 11.4 Å². The fraction of sp³-hybridized carbons (Fsp3) is 0.0435. The second kappa shape index (κ2) is 9.69. The second-order valence-electron chi connectivity index (χ2n) is 6.69. The Morgan fingerprint density at radius 2 is 1.68 bits per heavy atom. The number of non-ortho nitro benzene ring substituents is 1. The van der Waals surface area contributed by atoms with Gasteiger partial charge < -0.3 is 10.6 Å². The summed E-state index contributed by atoms with van der Waals surface area (Å²) >= 11 is 5.86. The zero-order valence-electron chi connectivity index (χ0n) is 16.5. The van der Waals surface area contributed by atoms with Gasteiger partial charge in [0.25, 0.3) is 17.5 Å². The number of benzene rings is 3. The number of aryl methyl sites for hydroxylation is 1. The minimum Gasteiger partial charge on any atom is -0.321 e. The fourth-order valence-corrected chi connectivity index (χ4v) is 2.81. The Hall–Kier alpha value is -3.97. The molecule has 0 spiro atoms. The molecule has 3 rings (SSSR count). The van der Waals surface area contributed by atoms with Crippen LogP contribution in [-0.2, 0) is 4.79 Å². The van der Waals surface area contributed by atoms with E-state index in [1.54, 1.807) is 30.3 Å². The standard InChI is InChI=1S/C23H18ClN3O4/c1-15-5-11-19(12-6-15)25-23(29)21(14-16-3-2-4-20(13-16)27(30)31)26-22(28)17-7-9-18(24)10-8-17/h2-14H,1H3,(H,25,29)(H,26,28)/b21-14+. The van der Waals surface area contributed by atoms with Gasteiger partial charge in [-0.2, -0.15) is 0 Å². The van der Waals surface area contributed by atoms with Crippen molar-refractivity contribution in [3.8, 4) is 0 Å². The smallest absolute Gasteiger partial charge is 0.272 e. The van der Waals surface area contributed by atoms with Gasteiger partial charge in [0.15, 0.2) is 0 Å². The Bertz CT molecular complexity index is 1160. The van der Waals surface area contributed by atoms with Crippen LogP contribution in [0.15, 0.2) is 78.5 Å². The Balaban J connectivity index is 1.92. The molecule has 2 N–H and O–H groups in total. The van der Waals surface area contributed by atoms with Gasteiger partial charge in [0.1, 0.15) is 5.70 Å². The number of nitrogens with one attached hydrogen (secondary N) is 2. The predicted molar refractivity (Wildman–Crippen MR) is 120 cm³/mol. The summed E-state index contributed by atoms with van der Waals surface area (Å²) in [5, 5.41) is 16.8. The molecule has 0 radical (unpaired) electrons. The molecule has 0 aliphatic rings. The Morgan fingerprint density at radius 3 is 2.32 bits per heavy atom. The summed E-state index contributed by atoms with van der Waals surface area (Å²) in [6, 6.07) is 19.1. The molecule has 0 fully saturated rings. The largest absolute Gasteiger partial charge is 0.321 e. The van der Waals surface area contributed by atoms with E-state index in [2.05, 4.69) is 10.6 Å². The van der Waals surface area contributed by atoms with E-state index in [-0.39, 0.29) is 11.4 Å². The van der Waals surface area contributed by atoms with Crippen LogP contribution >= 0.6 is 11.6 Å². The van der Waals surface area contributed by atoms with Gasteiger partial charge in [0.05, 0.1) is 4.92 Å². The molecule has 0 atom stereocenters. The zero-order valence-corrected chi connectivity index (χ0v) is 17.2. The molecule has 0 aromatic heterocycles. The van der Waals surface area contributed by atoms with E-state index in [0.717, 1.165) is 5.56 Å². The highest BCUT2D eigenvalue weighted by Gasteiger charge is 2.16. The quantitative estimate of drug-likeness (QED) is 0.324. The van der Waals surface area contributed by atoms with E-state index in [4.69, 9.17) is 11.6 Å². The molecule has 0 aliphatic carbocycles. The van der Waals surface area contributed by atoms with Crippen molar-refractivity contribution in [1.82, 2.24) is 5.32 Å². The second-order valence-corrected chi connectivity index (χ2v) is 7.13. The molecule has 8 heteroatoms. The molecule has 0 saturated heterocycles. The molecule has 7 nitrogen and oxygen atoms in total. The topological polar surface area (TPSA) is 101 Å². The number of anilines is 1. The van der Waals surface area contributed by atoms with E-state index >= 15 is 0 Å². The van der Waals surface area contributed by atoms with Gasteiger partial charge in [-0.1, -0.05) is 41.4 Å². The number of halogens is 1. The molecule has 3 aromatic carbocycles. The summed E-state index contributed by atoms with van der Waals surface area (Å²) in [5.41, 5.74) is 2.07. The minimum absolute atomic E-state index is 0.0685. The van der Waals surface area contributed by atoms with Crippen LogP contribution in [0.2, 0.25) is 5.02 Å². The first-order chi connectivity index (χ1) is 14.8. The predicted octanol–water partition coefficient (Wildman–Crippen LogP) is 4.97. The molecule has 0 bridgehead atoms. The summed E-state index contributed by atoms with van der Waals surface area (Å²) in [6.07, 6.45) is 1.38. The molecule has 0 unspecified atom stereocenters. The summed E-state index contributed by atoms with van der Waals surface area (Å²) in [6.45, 7) is 1.92. The Morgan fingerprint density at radius 1 is 1.00 bits per heavy atom. The van der Waals surface area contributed by atoms with E-state index in [9.17, 15) is 19.7 Å². The maximum Gasteiger partial charge on any atom is 0.272 e. The number of nitro benzene ring substituents is 1. The highest BCUT2D eigenvalue weighted by molar-refractivity contribution is 6.30. The number of carbonyl (C=O) groups is 2. The van der Waals surface area contributed by atoms with Crippen LogP contribution in [0.1, 0.15) is 21.5 Å². The number of carbonyl (C=O) groups excluding carboxylic acids is 2. The molecule has 0 heterocycles. The third-order valence-electron chi connectivity index (χ3n) is 4.30. The van der Waals surface area contributed by atoms with Crippen LogP contribution in [0.3, 0.4) is 0 Å². The third-order valence-corrected chi connectivity index (χ3v) is 4.55. The number of nitrogens with zero attached hydrogens (tertiary/aromatic N) is 1. The summed E-state index contributed by atoms with van der Waals surface area (Å²) in [7, 11) is 0. The maximum atomic E-state index is 12.9. The normalized spacial score (nSPS) is 11.0. The van der Waals surface area contributed by atoms with Crippen molar-refractivity contribution in [3.05, 3.63) is 110 Å². The fourth-order valence-electron chi connectivity index (χ4n) is 2.68. The lowest BCUT2D eigenvalue weighted by Gasteiger charge is -2.12. The number of hydrogen-bond donors (Lipinski definition) is 2. The zero-order chi connectivity index (χ0) is 22.4. The summed E-state index contributed by atoms with van der Waals surface area (Å²) in [4.78, 5) is 36.1. The van der Waals surface area contributed by atoms with E-state index in [1.807, 2.05) is 19.1 Å². The van der Waals surface area contributed by atoms with Crippen LogP contribution in [0.5, 0.6) is 0 Å². The average molecular weight is 436 g/mol. The maximum absolute atomic E-state index is 12.9. The Kier molecular flexibility index (Phi) is 6.79. The minimum atomic E-state index is -0.572. The number of amides is 2. The summed E-state index contributed by atoms with van der Waals surface area (Å²) in [5.74, 6) is -1.09. The van der Waals surface area contributed by atoms with Crippen molar-refractivity contribution in [3.63, 3.8) is 0 Å². The van der Waals surface area contributed by atoms with Crippen molar-refractivity contribution in [2.75, 3.05) is 5.32 Å². The first kappa shape index (κ1) is 21.7. The highest BCUT2D eigenvalue weighted by Crippen LogP contribution is 2.17. The van der Waals surface area contributed by atoms with Crippen molar-refractivity contribution < 1.29 is 14.5 Å². The van der Waals surface area contributed by atoms with Gasteiger partial charge >= 0.3 is 0 Å². The van der Waals surface area contributed by atoms with Gasteiger partial charge in [-0.25, -0.2) is 0 Å². The van der Waals surface area contributed by atoms with Gasteiger partial charge in [-0.05, 0) is 55.0 Å². The number of nitro groups is 1. The monoisotopic (exact) mass is 435 g/mol. The van der Waals surface area contributed by atoms with E-state index in [1.165, 1.54) is 36.4 Å². The van der Waals surface area contributed by atoms with Crippen molar-refractivity contribution in [1.29, 1.82) is 0 Å². The van der Waals surface area contributed by atoms with Crippen LogP contribution < -0.4 is 10.6 Å². The lowest BCUT2D eigenvalue weighted by Crippen LogP contribution is -2.30. The number of rotatable bonds is 6. The van der Waals surface area contributed by atoms with Crippen LogP contribution in [-0.4, -0.2) is 16.7 Å². The van der Waals surface area contributed by atoms with E-state index in [0.29, 0.717) is 21.8 Å². The molecule has 156 valence electrons. The number of hydrogen-bond acceptors (Lipinski definition) is 4. The first-order valence-corrected chi connectivity index (χ1v) is 9.61. The lowest BCUT2D eigenvalue weighted by molar-refractivity contribution is -0.384. The molecule has 0 saturated carbocycles. The van der Waals surface area contributed by atoms with E-state index < -0.39 is 16.7 Å².